The van der Waals surface area contributed by atoms with Gasteiger partial charge < -0.3 is 0 Å². The molecule has 4 heterocycles. The lowest BCUT2D eigenvalue weighted by Gasteiger charge is -2.31. The second kappa shape index (κ2) is 11.6. The third kappa shape index (κ3) is 5.74. The molecule has 6 rings (SSSR count). The van der Waals surface area contributed by atoms with Crippen molar-refractivity contribution in [3.8, 4) is 0 Å². The van der Waals surface area contributed by atoms with Crippen molar-refractivity contribution in [3.63, 3.8) is 0 Å². The molecule has 1 fully saturated rings. The summed E-state index contributed by atoms with van der Waals surface area (Å²) in [4.78, 5) is 2.10. The van der Waals surface area contributed by atoms with Crippen molar-refractivity contribution in [3.05, 3.63) is 99.7 Å². The predicted molar refractivity (Wildman–Crippen MR) is 155 cm³/mol. The quantitative estimate of drug-likeness (QED) is 0.376. The number of benzene rings is 1. The van der Waals surface area contributed by atoms with Crippen molar-refractivity contribution in [2.45, 2.75) is 38.3 Å². The van der Waals surface area contributed by atoms with E-state index in [4.69, 9.17) is 0 Å². The SMILES string of the molecule is C=C/C=c1/[nH]nc(C2=Cc3cn(C)nc3C=CC2)/c1=C/Cn1cc([C@@H]2CCCN(Cc3c(F)cccc3F)C2)nn1. The van der Waals surface area contributed by atoms with Gasteiger partial charge >= 0.3 is 0 Å². The van der Waals surface area contributed by atoms with E-state index in [2.05, 4.69) is 55.3 Å². The molecule has 0 saturated carbocycles. The first kappa shape index (κ1) is 26.8. The van der Waals surface area contributed by atoms with Gasteiger partial charge in [0.1, 0.15) is 11.6 Å². The van der Waals surface area contributed by atoms with Crippen molar-refractivity contribution in [1.29, 1.82) is 0 Å². The number of fused-ring (bicyclic) bond motifs is 1. The third-order valence-corrected chi connectivity index (χ3v) is 7.66. The van der Waals surface area contributed by atoms with E-state index >= 15 is 0 Å². The number of nitrogens with one attached hydrogen (secondary N) is 1. The minimum Gasteiger partial charge on any atom is -0.298 e. The highest BCUT2D eigenvalue weighted by atomic mass is 19.1. The van der Waals surface area contributed by atoms with Crippen LogP contribution in [0.2, 0.25) is 0 Å². The molecule has 10 heteroatoms. The number of aromatic amines is 1. The fourth-order valence-corrected chi connectivity index (χ4v) is 5.66. The first-order valence-electron chi connectivity index (χ1n) is 13.8. The summed E-state index contributed by atoms with van der Waals surface area (Å²) in [7, 11) is 1.92. The zero-order valence-electron chi connectivity index (χ0n) is 23.0. The lowest BCUT2D eigenvalue weighted by molar-refractivity contribution is 0.194. The van der Waals surface area contributed by atoms with Crippen molar-refractivity contribution in [2.24, 2.45) is 7.05 Å². The van der Waals surface area contributed by atoms with Crippen LogP contribution in [0, 0.1) is 11.6 Å². The molecule has 0 bridgehead atoms. The van der Waals surface area contributed by atoms with Crippen LogP contribution in [0.4, 0.5) is 8.78 Å². The summed E-state index contributed by atoms with van der Waals surface area (Å²) in [6.45, 7) is 6.08. The molecule has 1 saturated heterocycles. The van der Waals surface area contributed by atoms with Gasteiger partial charge in [0, 0.05) is 54.8 Å². The van der Waals surface area contributed by atoms with Crippen LogP contribution in [0.15, 0.2) is 49.3 Å². The standard InChI is InChI=1S/C31H32F2N8/c1-3-7-29-24(31(36-34-29)21-8-4-12-28-23(16-21)17-39(2)37-28)13-15-41-20-30(35-38-41)22-9-6-14-40(18-22)19-25-26(32)10-5-11-27(25)33/h3-5,7,10-13,16-17,20,22,34H,1,6,8-9,14-15,18-19H2,2H3/b24-13+,29-7+/t22-/m1/s1. The van der Waals surface area contributed by atoms with Crippen LogP contribution >= 0.6 is 0 Å². The van der Waals surface area contributed by atoms with Gasteiger partial charge in [-0.25, -0.2) is 13.5 Å². The average Bonchev–Trinajstić information content (AvgIpc) is 3.65. The number of likely N-dealkylation sites (tertiary alicyclic amines) is 1. The number of piperidine rings is 1. The maximum atomic E-state index is 14.2. The van der Waals surface area contributed by atoms with Crippen LogP contribution in [-0.2, 0) is 20.1 Å². The molecule has 0 amide bonds. The van der Waals surface area contributed by atoms with Crippen LogP contribution in [-0.4, -0.2) is 53.0 Å². The summed E-state index contributed by atoms with van der Waals surface area (Å²) in [6.07, 6.45) is 18.7. The van der Waals surface area contributed by atoms with Crippen LogP contribution in [0.25, 0.3) is 29.9 Å². The fourth-order valence-electron chi connectivity index (χ4n) is 5.66. The number of aryl methyl sites for hydroxylation is 1. The van der Waals surface area contributed by atoms with E-state index < -0.39 is 11.6 Å². The Morgan fingerprint density at radius 2 is 2.05 bits per heavy atom. The van der Waals surface area contributed by atoms with Crippen molar-refractivity contribution >= 4 is 29.9 Å². The van der Waals surface area contributed by atoms with Gasteiger partial charge in [-0.3, -0.25) is 14.7 Å². The van der Waals surface area contributed by atoms with Gasteiger partial charge in [0.25, 0.3) is 0 Å². The molecule has 0 spiro atoms. The number of nitrogens with zero attached hydrogens (tertiary/aromatic N) is 7. The maximum absolute atomic E-state index is 14.2. The third-order valence-electron chi connectivity index (χ3n) is 7.66. The molecule has 3 aromatic heterocycles. The van der Waals surface area contributed by atoms with Crippen molar-refractivity contribution in [2.75, 3.05) is 13.1 Å². The van der Waals surface area contributed by atoms with E-state index in [9.17, 15) is 8.78 Å². The summed E-state index contributed by atoms with van der Waals surface area (Å²) in [5.41, 5.74) is 4.98. The Labute approximate surface area is 236 Å². The first-order chi connectivity index (χ1) is 20.0. The van der Waals surface area contributed by atoms with Gasteiger partial charge in [-0.05, 0) is 61.7 Å². The Balaban J connectivity index is 1.22. The molecule has 0 unspecified atom stereocenters. The lowest BCUT2D eigenvalue weighted by Crippen LogP contribution is -2.34. The largest absolute Gasteiger partial charge is 0.298 e. The summed E-state index contributed by atoms with van der Waals surface area (Å²) in [6, 6.07) is 4.02. The number of hydrogen-bond acceptors (Lipinski definition) is 5. The molecular formula is C31H32F2N8. The second-order valence-electron chi connectivity index (χ2n) is 10.6. The van der Waals surface area contributed by atoms with Gasteiger partial charge in [-0.15, -0.1) is 5.10 Å². The Hall–Kier alpha value is -4.44. The van der Waals surface area contributed by atoms with Crippen LogP contribution in [0.3, 0.4) is 0 Å². The van der Waals surface area contributed by atoms with Gasteiger partial charge in [0.15, 0.2) is 0 Å². The van der Waals surface area contributed by atoms with Gasteiger partial charge in [0.05, 0.1) is 29.0 Å². The Bertz CT molecular complexity index is 1740. The van der Waals surface area contributed by atoms with E-state index in [0.717, 1.165) is 64.6 Å². The topological polar surface area (TPSA) is 80.5 Å². The highest BCUT2D eigenvalue weighted by Crippen LogP contribution is 2.27. The minimum atomic E-state index is -0.503. The van der Waals surface area contributed by atoms with E-state index in [-0.39, 0.29) is 18.0 Å². The molecule has 0 radical (unpaired) electrons. The summed E-state index contributed by atoms with van der Waals surface area (Å²) in [5, 5.41) is 23.0. The number of rotatable bonds is 7. The molecule has 1 aromatic carbocycles. The van der Waals surface area contributed by atoms with E-state index in [1.807, 2.05) is 41.0 Å². The maximum Gasteiger partial charge on any atom is 0.130 e. The van der Waals surface area contributed by atoms with Crippen LogP contribution in [0.5, 0.6) is 0 Å². The van der Waals surface area contributed by atoms with Crippen molar-refractivity contribution < 1.29 is 8.78 Å². The van der Waals surface area contributed by atoms with E-state index in [1.54, 1.807) is 6.08 Å². The lowest BCUT2D eigenvalue weighted by atomic mass is 9.95. The number of halogens is 2. The smallest absolute Gasteiger partial charge is 0.130 e. The molecule has 2 aliphatic rings. The Morgan fingerprint density at radius 3 is 2.88 bits per heavy atom. The zero-order valence-corrected chi connectivity index (χ0v) is 23.0. The number of H-pyrrole nitrogens is 1. The van der Waals surface area contributed by atoms with E-state index in [1.165, 1.54) is 18.2 Å². The monoisotopic (exact) mass is 554 g/mol. The molecule has 1 aliphatic heterocycles. The predicted octanol–water partition coefficient (Wildman–Crippen LogP) is 3.80. The Morgan fingerprint density at radius 1 is 1.20 bits per heavy atom. The van der Waals surface area contributed by atoms with Crippen LogP contribution in [0.1, 0.15) is 53.4 Å². The highest BCUT2D eigenvalue weighted by molar-refractivity contribution is 5.85. The number of allylic oxidation sites excluding steroid dienone is 3. The molecule has 1 atom stereocenters. The molecular weight excluding hydrogens is 522 g/mol. The minimum absolute atomic E-state index is 0.119. The molecule has 210 valence electrons. The molecule has 1 aliphatic carbocycles. The van der Waals surface area contributed by atoms with Crippen molar-refractivity contribution in [1.82, 2.24) is 39.9 Å². The van der Waals surface area contributed by atoms with Gasteiger partial charge in [0.2, 0.25) is 0 Å². The van der Waals surface area contributed by atoms with E-state index in [0.29, 0.717) is 13.1 Å². The normalized spacial score (nSPS) is 18.4. The molecule has 41 heavy (non-hydrogen) atoms. The molecule has 8 nitrogen and oxygen atoms in total. The second-order valence-corrected chi connectivity index (χ2v) is 10.6. The first-order valence-corrected chi connectivity index (χ1v) is 13.8. The fraction of sp³-hybridized carbons (Fsp3) is 0.290. The summed E-state index contributed by atoms with van der Waals surface area (Å²) < 4.78 is 32.1. The number of aromatic nitrogens is 7. The summed E-state index contributed by atoms with van der Waals surface area (Å²) >= 11 is 0. The molecule has 1 N–H and O–H groups in total. The average molecular weight is 555 g/mol. The van der Waals surface area contributed by atoms with Gasteiger partial charge in [-0.2, -0.15) is 10.2 Å². The molecule has 4 aromatic rings. The number of hydrogen-bond donors (Lipinski definition) is 1. The zero-order chi connectivity index (χ0) is 28.3. The van der Waals surface area contributed by atoms with Crippen LogP contribution < -0.4 is 10.6 Å². The summed E-state index contributed by atoms with van der Waals surface area (Å²) in [5.74, 6) is -0.855. The highest BCUT2D eigenvalue weighted by Gasteiger charge is 2.25. The Kier molecular flexibility index (Phi) is 7.56. The van der Waals surface area contributed by atoms with Gasteiger partial charge in [-0.1, -0.05) is 36.1 Å².